The summed E-state index contributed by atoms with van der Waals surface area (Å²) in [5.41, 5.74) is 1.75. The number of hydrogen-bond donors (Lipinski definition) is 2. The van der Waals surface area contributed by atoms with Crippen LogP contribution in [0.2, 0.25) is 0 Å². The van der Waals surface area contributed by atoms with Gasteiger partial charge in [0.05, 0.1) is 41.0 Å². The van der Waals surface area contributed by atoms with Crippen LogP contribution < -0.4 is 20.7 Å². The van der Waals surface area contributed by atoms with Crippen LogP contribution in [-0.2, 0) is 11.0 Å². The largest absolute Gasteiger partial charge is 0.495 e. The van der Waals surface area contributed by atoms with Crippen LogP contribution in [0.15, 0.2) is 36.4 Å². The summed E-state index contributed by atoms with van der Waals surface area (Å²) in [5.74, 6) is 7.35. The molecule has 0 bridgehead atoms. The standard InChI is InChI=1S/C30H37F3N3O2PS/c1-19-17-36(3)18-20(2)28(19)35-25-10-7-9-22-23(16-30(31,32)33)27(40-29(22)25)11-8-14-34-24-13-12-21(39(5,6)37)15-26(24)38-4/h7,9-10,12-13,15,19-20,28,34-35H,14,16-18H2,1-6H3/t19-,20-/m1/s1. The van der Waals surface area contributed by atoms with Crippen molar-refractivity contribution in [1.82, 2.24) is 4.90 Å². The van der Waals surface area contributed by atoms with E-state index in [1.807, 2.05) is 12.1 Å². The van der Waals surface area contributed by atoms with Gasteiger partial charge in [-0.15, -0.1) is 11.3 Å². The molecule has 0 radical (unpaired) electrons. The molecule has 216 valence electrons. The molecule has 0 spiro atoms. The Morgan fingerprint density at radius 3 is 2.45 bits per heavy atom. The average Bonchev–Trinajstić information content (AvgIpc) is 3.19. The molecule has 0 unspecified atom stereocenters. The van der Waals surface area contributed by atoms with E-state index in [9.17, 15) is 17.7 Å². The lowest BCUT2D eigenvalue weighted by atomic mass is 9.86. The molecule has 2 N–H and O–H groups in total. The number of rotatable bonds is 7. The normalized spacial score (nSPS) is 18.8. The number of halogens is 3. The molecule has 2 atom stereocenters. The minimum Gasteiger partial charge on any atom is -0.495 e. The van der Waals surface area contributed by atoms with E-state index in [-0.39, 0.29) is 18.2 Å². The molecule has 0 saturated carbocycles. The van der Waals surface area contributed by atoms with Gasteiger partial charge in [-0.1, -0.05) is 37.8 Å². The van der Waals surface area contributed by atoms with E-state index < -0.39 is 19.7 Å². The monoisotopic (exact) mass is 591 g/mol. The second kappa shape index (κ2) is 12.1. The molecule has 1 aliphatic heterocycles. The predicted molar refractivity (Wildman–Crippen MR) is 162 cm³/mol. The summed E-state index contributed by atoms with van der Waals surface area (Å²) in [7, 11) is 1.20. The van der Waals surface area contributed by atoms with E-state index in [1.54, 1.807) is 37.6 Å². The number of nitrogens with one attached hydrogen (secondary N) is 2. The number of benzene rings is 2. The first-order valence-electron chi connectivity index (χ1n) is 13.3. The van der Waals surface area contributed by atoms with E-state index in [4.69, 9.17) is 4.74 Å². The Balaban J connectivity index is 1.62. The quantitative estimate of drug-likeness (QED) is 0.236. The highest BCUT2D eigenvalue weighted by atomic mass is 32.1. The van der Waals surface area contributed by atoms with Gasteiger partial charge in [0, 0.05) is 24.4 Å². The maximum absolute atomic E-state index is 13.6. The van der Waals surface area contributed by atoms with Crippen molar-refractivity contribution in [2.75, 3.05) is 57.8 Å². The molecule has 1 aromatic heterocycles. The number of thiophene rings is 1. The molecule has 1 aliphatic rings. The first-order chi connectivity index (χ1) is 18.8. The third-order valence-corrected chi connectivity index (χ3v) is 10.0. The zero-order valence-corrected chi connectivity index (χ0v) is 25.5. The van der Waals surface area contributed by atoms with Crippen LogP contribution in [0.4, 0.5) is 24.5 Å². The fraction of sp³-hybridized carbons (Fsp3) is 0.467. The lowest BCUT2D eigenvalue weighted by Gasteiger charge is -2.40. The Hall–Kier alpha value is -2.66. The highest BCUT2D eigenvalue weighted by Crippen LogP contribution is 2.40. The molecule has 2 aromatic carbocycles. The summed E-state index contributed by atoms with van der Waals surface area (Å²) >= 11 is 1.31. The number of hydrogen-bond acceptors (Lipinski definition) is 6. The van der Waals surface area contributed by atoms with Crippen LogP contribution in [0.5, 0.6) is 5.75 Å². The number of nitrogens with zero attached hydrogens (tertiary/aromatic N) is 1. The molecular weight excluding hydrogens is 554 g/mol. The zero-order valence-electron chi connectivity index (χ0n) is 23.8. The molecule has 2 heterocycles. The first-order valence-corrected chi connectivity index (χ1v) is 16.7. The molecule has 0 aliphatic carbocycles. The third-order valence-electron chi connectivity index (χ3n) is 7.32. The van der Waals surface area contributed by atoms with Gasteiger partial charge < -0.3 is 24.8 Å². The lowest BCUT2D eigenvalue weighted by Crippen LogP contribution is -2.49. The van der Waals surface area contributed by atoms with Gasteiger partial charge in [0.15, 0.2) is 0 Å². The number of alkyl halides is 3. The summed E-state index contributed by atoms with van der Waals surface area (Å²) in [4.78, 5) is 2.74. The number of likely N-dealkylation sites (tertiary alicyclic amines) is 1. The van der Waals surface area contributed by atoms with Crippen molar-refractivity contribution in [3.8, 4) is 17.6 Å². The van der Waals surface area contributed by atoms with Gasteiger partial charge in [-0.25, -0.2) is 0 Å². The van der Waals surface area contributed by atoms with Crippen molar-refractivity contribution >= 4 is 45.2 Å². The first kappa shape index (κ1) is 30.3. The molecule has 1 fully saturated rings. The number of fused-ring (bicyclic) bond motifs is 1. The summed E-state index contributed by atoms with van der Waals surface area (Å²) in [6, 6.07) is 11.1. The van der Waals surface area contributed by atoms with Gasteiger partial charge in [0.1, 0.15) is 12.9 Å². The van der Waals surface area contributed by atoms with Gasteiger partial charge in [-0.05, 0) is 67.4 Å². The molecule has 3 aromatic rings. The zero-order chi connectivity index (χ0) is 29.2. The second-order valence-electron chi connectivity index (χ2n) is 11.1. The van der Waals surface area contributed by atoms with E-state index in [0.717, 1.165) is 23.5 Å². The van der Waals surface area contributed by atoms with Crippen molar-refractivity contribution < 1.29 is 22.5 Å². The number of anilines is 2. The van der Waals surface area contributed by atoms with Crippen LogP contribution in [0, 0.1) is 23.7 Å². The minimum atomic E-state index is -4.35. The van der Waals surface area contributed by atoms with Crippen LogP contribution in [-0.4, -0.2) is 64.2 Å². The Morgan fingerprint density at radius 1 is 1.12 bits per heavy atom. The number of ether oxygens (including phenoxy) is 1. The maximum Gasteiger partial charge on any atom is 0.393 e. The topological polar surface area (TPSA) is 53.6 Å². The highest BCUT2D eigenvalue weighted by Gasteiger charge is 2.33. The van der Waals surface area contributed by atoms with E-state index in [1.165, 1.54) is 18.4 Å². The number of methoxy groups -OCH3 is 1. The van der Waals surface area contributed by atoms with Crippen molar-refractivity contribution in [2.45, 2.75) is 32.5 Å². The predicted octanol–water partition coefficient (Wildman–Crippen LogP) is 6.72. The van der Waals surface area contributed by atoms with Gasteiger partial charge in [-0.3, -0.25) is 0 Å². The van der Waals surface area contributed by atoms with Crippen molar-refractivity contribution in [1.29, 1.82) is 0 Å². The fourth-order valence-corrected chi connectivity index (χ4v) is 7.53. The molecule has 4 rings (SSSR count). The third kappa shape index (κ3) is 7.15. The van der Waals surface area contributed by atoms with Gasteiger partial charge in [-0.2, -0.15) is 13.2 Å². The van der Waals surface area contributed by atoms with E-state index in [2.05, 4.69) is 48.3 Å². The van der Waals surface area contributed by atoms with E-state index in [0.29, 0.717) is 38.8 Å². The highest BCUT2D eigenvalue weighted by molar-refractivity contribution is 7.70. The molecule has 10 heteroatoms. The summed E-state index contributed by atoms with van der Waals surface area (Å²) < 4.78 is 59.6. The SMILES string of the molecule is COc1cc(P(C)(C)=O)ccc1NCC#Cc1sc2c(NC3[C@H](C)CN(C)C[C@H]3C)cccc2c1CC(F)(F)F. The van der Waals surface area contributed by atoms with Crippen molar-refractivity contribution in [3.63, 3.8) is 0 Å². The Labute approximate surface area is 238 Å². The second-order valence-corrected chi connectivity index (χ2v) is 15.4. The average molecular weight is 592 g/mol. The molecule has 0 amide bonds. The van der Waals surface area contributed by atoms with Gasteiger partial charge in [0.2, 0.25) is 0 Å². The minimum absolute atomic E-state index is 0.209. The van der Waals surface area contributed by atoms with Gasteiger partial charge in [0.25, 0.3) is 0 Å². The van der Waals surface area contributed by atoms with Crippen molar-refractivity contribution in [2.24, 2.45) is 11.8 Å². The fourth-order valence-electron chi connectivity index (χ4n) is 5.50. The Morgan fingerprint density at radius 2 is 1.82 bits per heavy atom. The summed E-state index contributed by atoms with van der Waals surface area (Å²) in [6.07, 6.45) is -5.38. The van der Waals surface area contributed by atoms with Crippen molar-refractivity contribution in [3.05, 3.63) is 46.8 Å². The molecule has 5 nitrogen and oxygen atoms in total. The van der Waals surface area contributed by atoms with Crippen LogP contribution in [0.3, 0.4) is 0 Å². The van der Waals surface area contributed by atoms with Crippen LogP contribution in [0.1, 0.15) is 24.3 Å². The Kier molecular flexibility index (Phi) is 9.14. The van der Waals surface area contributed by atoms with E-state index >= 15 is 0 Å². The molecular formula is C30H37F3N3O2PS. The lowest BCUT2D eigenvalue weighted by molar-refractivity contribution is -0.126. The summed E-state index contributed by atoms with van der Waals surface area (Å²) in [5, 5.41) is 8.14. The van der Waals surface area contributed by atoms with Crippen LogP contribution >= 0.6 is 18.5 Å². The smallest absolute Gasteiger partial charge is 0.393 e. The van der Waals surface area contributed by atoms with Gasteiger partial charge >= 0.3 is 6.18 Å². The Bertz CT molecular complexity index is 1460. The van der Waals surface area contributed by atoms with Crippen LogP contribution in [0.25, 0.3) is 10.1 Å². The molecule has 40 heavy (non-hydrogen) atoms. The number of piperidine rings is 1. The summed E-state index contributed by atoms with van der Waals surface area (Å²) in [6.45, 7) is 9.96. The maximum atomic E-state index is 13.6. The molecule has 1 saturated heterocycles.